The summed E-state index contributed by atoms with van der Waals surface area (Å²) in [5.41, 5.74) is 0. The first-order valence-electron chi connectivity index (χ1n) is 1.07. The summed E-state index contributed by atoms with van der Waals surface area (Å²) in [5, 5.41) is 0. The fourth-order valence-electron chi connectivity index (χ4n) is 0.0278. The second kappa shape index (κ2) is 3.32. The Morgan fingerprint density at radius 1 is 1.83 bits per heavy atom. The van der Waals surface area contributed by atoms with Gasteiger partial charge in [-0.15, -0.1) is 0 Å². The van der Waals surface area contributed by atoms with Crippen LogP contribution in [-0.2, 0) is 28.3 Å². The Morgan fingerprint density at radius 2 is 2.33 bits per heavy atom. The van der Waals surface area contributed by atoms with Crippen LogP contribution in [-0.4, -0.2) is 11.3 Å². The molecule has 0 amide bonds. The van der Waals surface area contributed by atoms with Crippen molar-refractivity contribution < 1.29 is 12.6 Å². The quantitative estimate of drug-likeness (QED) is 0.452. The van der Waals surface area contributed by atoms with Gasteiger partial charge < -0.3 is 8.39 Å². The van der Waals surface area contributed by atoms with E-state index in [1.807, 2.05) is 0 Å². The van der Waals surface area contributed by atoms with Gasteiger partial charge in [0.25, 0.3) is 0 Å². The molecule has 0 aliphatic carbocycles. The van der Waals surface area contributed by atoms with Crippen LogP contribution >= 0.6 is 0 Å². The standard InChI is InChI=1S/CH3O3S2/c1-4-6(3)5-2/h1H3/q-1. The topological polar surface area (TPSA) is 43.4 Å². The van der Waals surface area contributed by atoms with Gasteiger partial charge in [-0.1, -0.05) is 9.64 Å². The summed E-state index contributed by atoms with van der Waals surface area (Å²) < 4.78 is 23.1. The van der Waals surface area contributed by atoms with Gasteiger partial charge in [0, 0.05) is 7.11 Å². The van der Waals surface area contributed by atoms with Gasteiger partial charge in [-0.2, -0.15) is 0 Å². The van der Waals surface area contributed by atoms with Crippen molar-refractivity contribution >= 4 is 19.9 Å². The maximum absolute atomic E-state index is 9.72. The molecule has 0 aromatic carbocycles. The first-order chi connectivity index (χ1) is 2.81. The average molecular weight is 127 g/mol. The minimum Gasteiger partial charge on any atom is -0.445 e. The normalized spacial score (nSPS) is 9.00. The molecule has 3 nitrogen and oxygen atoms in total. The molecule has 0 saturated heterocycles. The van der Waals surface area contributed by atoms with E-state index in [9.17, 15) is 8.42 Å². The van der Waals surface area contributed by atoms with Crippen molar-refractivity contribution in [3.8, 4) is 0 Å². The molecule has 0 aliphatic rings. The number of hydrogen-bond acceptors (Lipinski definition) is 4. The van der Waals surface area contributed by atoms with Gasteiger partial charge in [0.15, 0.2) is 0 Å². The summed E-state index contributed by atoms with van der Waals surface area (Å²) in [7, 11) is -0.539. The van der Waals surface area contributed by atoms with Gasteiger partial charge >= 0.3 is 0 Å². The van der Waals surface area contributed by atoms with Crippen molar-refractivity contribution in [2.45, 2.75) is 0 Å². The van der Waals surface area contributed by atoms with E-state index >= 15 is 0 Å². The maximum atomic E-state index is 9.72. The minimum atomic E-state index is -1.67. The van der Waals surface area contributed by atoms with Crippen LogP contribution in [0.2, 0.25) is 0 Å². The second-order valence-electron chi connectivity index (χ2n) is 0.439. The van der Waals surface area contributed by atoms with Gasteiger partial charge in [0.2, 0.25) is 0 Å². The van der Waals surface area contributed by atoms with Crippen molar-refractivity contribution in [3.05, 3.63) is 0 Å². The Bertz CT molecular complexity index is 117. The highest BCUT2D eigenvalue weighted by atomic mass is 32.8. The molecule has 6 heavy (non-hydrogen) atoms. The highest BCUT2D eigenvalue weighted by Gasteiger charge is 1.46. The number of hydrogen-bond donors (Lipinski definition) is 0. The van der Waals surface area contributed by atoms with Crippen molar-refractivity contribution in [2.24, 2.45) is 0 Å². The fraction of sp³-hybridized carbons (Fsp3) is 1.00. The third kappa shape index (κ3) is 2.37. The Labute approximate surface area is 40.3 Å². The van der Waals surface area contributed by atoms with E-state index in [1.165, 1.54) is 7.11 Å². The Balaban J connectivity index is 3.89. The fourth-order valence-corrected chi connectivity index (χ4v) is 0.250. The summed E-state index contributed by atoms with van der Waals surface area (Å²) >= 11 is 0. The maximum Gasteiger partial charge on any atom is 0.0141 e. The smallest absolute Gasteiger partial charge is 0.0141 e. The predicted molar refractivity (Wildman–Crippen MR) is 23.2 cm³/mol. The van der Waals surface area contributed by atoms with Crippen molar-refractivity contribution in [1.29, 1.82) is 0 Å². The van der Waals surface area contributed by atoms with E-state index in [1.54, 1.807) is 0 Å². The second-order valence-corrected chi connectivity index (χ2v) is 2.54. The SMILES string of the molecule is CO[S-](=O)=S=O. The van der Waals surface area contributed by atoms with E-state index in [-0.39, 0.29) is 10.2 Å². The van der Waals surface area contributed by atoms with Crippen LogP contribution in [0.5, 0.6) is 0 Å². The zero-order chi connectivity index (χ0) is 4.99. The molecule has 5 heteroatoms. The van der Waals surface area contributed by atoms with Crippen LogP contribution in [0.4, 0.5) is 0 Å². The summed E-state index contributed by atoms with van der Waals surface area (Å²) in [6.45, 7) is 0. The van der Waals surface area contributed by atoms with Gasteiger partial charge in [0.05, 0.1) is 0 Å². The molecule has 0 unspecified atom stereocenters. The first-order valence-corrected chi connectivity index (χ1v) is 3.41. The van der Waals surface area contributed by atoms with Crippen LogP contribution in [0.1, 0.15) is 0 Å². The third-order valence-corrected chi connectivity index (χ3v) is 1.32. The van der Waals surface area contributed by atoms with E-state index in [0.717, 1.165) is 0 Å². The molecule has 0 radical (unpaired) electrons. The molecule has 38 valence electrons. The molecular weight excluding hydrogens is 124 g/mol. The average Bonchev–Trinajstić information content (AvgIpc) is 1.65. The monoisotopic (exact) mass is 127 g/mol. The van der Waals surface area contributed by atoms with Crippen LogP contribution in [0.25, 0.3) is 0 Å². The zero-order valence-electron chi connectivity index (χ0n) is 3.04. The molecule has 0 fully saturated rings. The summed E-state index contributed by atoms with van der Waals surface area (Å²) in [6.07, 6.45) is 0. The lowest BCUT2D eigenvalue weighted by Gasteiger charge is -1.86. The zero-order valence-corrected chi connectivity index (χ0v) is 4.67. The Hall–Kier alpha value is 0.130. The predicted octanol–water partition coefficient (Wildman–Crippen LogP) is -0.360. The highest BCUT2D eigenvalue weighted by Crippen LogP contribution is 1.59. The van der Waals surface area contributed by atoms with E-state index < -0.39 is 9.64 Å². The molecule has 0 saturated carbocycles. The Kier molecular flexibility index (Phi) is 3.40. The van der Waals surface area contributed by atoms with Gasteiger partial charge in [-0.3, -0.25) is 0 Å². The molecule has 0 bridgehead atoms. The first kappa shape index (κ1) is 6.13. The van der Waals surface area contributed by atoms with Crippen molar-refractivity contribution in [1.82, 2.24) is 0 Å². The lowest BCUT2D eigenvalue weighted by molar-refractivity contribution is 0.443. The van der Waals surface area contributed by atoms with E-state index in [0.29, 0.717) is 0 Å². The molecule has 0 atom stereocenters. The van der Waals surface area contributed by atoms with Crippen LogP contribution < -0.4 is 0 Å². The number of rotatable bonds is 1. The van der Waals surface area contributed by atoms with Gasteiger partial charge in [0.1, 0.15) is 0 Å². The van der Waals surface area contributed by atoms with E-state index in [2.05, 4.69) is 4.18 Å². The third-order valence-electron chi connectivity index (χ3n) is 0.192. The molecular formula is CH3O3S2-. The Morgan fingerprint density at radius 3 is 2.33 bits per heavy atom. The lowest BCUT2D eigenvalue weighted by atomic mass is 11.8. The molecule has 0 rings (SSSR count). The summed E-state index contributed by atoms with van der Waals surface area (Å²) in [5.74, 6) is 0. The summed E-state index contributed by atoms with van der Waals surface area (Å²) in [6, 6.07) is 0. The molecule has 0 aromatic rings. The van der Waals surface area contributed by atoms with Crippen molar-refractivity contribution in [3.63, 3.8) is 0 Å². The summed E-state index contributed by atoms with van der Waals surface area (Å²) in [4.78, 5) is 0. The van der Waals surface area contributed by atoms with Crippen LogP contribution in [0.3, 0.4) is 0 Å². The molecule has 0 N–H and O–H groups in total. The molecule has 0 heterocycles. The largest absolute Gasteiger partial charge is 0.445 e. The van der Waals surface area contributed by atoms with Crippen LogP contribution in [0, 0.1) is 0 Å². The lowest BCUT2D eigenvalue weighted by Crippen LogP contribution is -1.71. The van der Waals surface area contributed by atoms with Gasteiger partial charge in [-0.25, -0.2) is 4.21 Å². The molecule has 0 aromatic heterocycles. The van der Waals surface area contributed by atoms with Crippen LogP contribution in [0.15, 0.2) is 0 Å². The van der Waals surface area contributed by atoms with E-state index in [4.69, 9.17) is 0 Å². The highest BCUT2D eigenvalue weighted by molar-refractivity contribution is 8.21. The molecule has 0 spiro atoms. The molecule has 0 aliphatic heterocycles. The van der Waals surface area contributed by atoms with Crippen molar-refractivity contribution in [2.75, 3.05) is 7.11 Å². The van der Waals surface area contributed by atoms with Gasteiger partial charge in [-0.05, 0) is 10.2 Å². The minimum absolute atomic E-state index is 0.0752.